The molecule has 0 fully saturated rings. The van der Waals surface area contributed by atoms with Gasteiger partial charge in [-0.25, -0.2) is 5.43 Å². The maximum Gasteiger partial charge on any atom is 0.271 e. The van der Waals surface area contributed by atoms with Crippen molar-refractivity contribution in [2.45, 2.75) is 25.7 Å². The highest BCUT2D eigenvalue weighted by molar-refractivity contribution is 6.05. The van der Waals surface area contributed by atoms with Gasteiger partial charge in [-0.1, -0.05) is 0 Å². The highest BCUT2D eigenvalue weighted by Gasteiger charge is 2.24. The Kier molecular flexibility index (Phi) is 5.09. The number of hydrogen-bond donors (Lipinski definition) is 1. The lowest BCUT2D eigenvalue weighted by Crippen LogP contribution is -2.17. The van der Waals surface area contributed by atoms with E-state index in [2.05, 4.69) is 10.5 Å². The molecule has 1 amide bonds. The molecular weight excluding hydrogens is 390 g/mol. The van der Waals surface area contributed by atoms with Crippen LogP contribution in [0.2, 0.25) is 0 Å². The number of rotatable bonds is 5. The molecule has 3 aromatic rings. The molecule has 1 aromatic heterocycles. The first kappa shape index (κ1) is 19.4. The molecular formula is C21H18N3O6-. The monoisotopic (exact) mass is 408 g/mol. The molecule has 1 aliphatic carbocycles. The van der Waals surface area contributed by atoms with Crippen molar-refractivity contribution in [3.63, 3.8) is 0 Å². The molecule has 9 nitrogen and oxygen atoms in total. The highest BCUT2D eigenvalue weighted by atomic mass is 16.6. The summed E-state index contributed by atoms with van der Waals surface area (Å²) < 4.78 is 10.8. The zero-order chi connectivity index (χ0) is 21.3. The summed E-state index contributed by atoms with van der Waals surface area (Å²) in [4.78, 5) is 22.9. The Morgan fingerprint density at radius 2 is 2.00 bits per heavy atom. The van der Waals surface area contributed by atoms with Crippen molar-refractivity contribution < 1.29 is 24.0 Å². The van der Waals surface area contributed by atoms with Crippen LogP contribution in [0.1, 0.15) is 40.1 Å². The third-order valence-electron chi connectivity index (χ3n) is 5.12. The molecule has 1 N–H and O–H groups in total. The number of ether oxygens (including phenoxy) is 1. The summed E-state index contributed by atoms with van der Waals surface area (Å²) >= 11 is 0. The summed E-state index contributed by atoms with van der Waals surface area (Å²) in [6, 6.07) is 7.58. The fourth-order valence-electron chi connectivity index (χ4n) is 3.65. The van der Waals surface area contributed by atoms with E-state index in [0.717, 1.165) is 43.2 Å². The van der Waals surface area contributed by atoms with Crippen LogP contribution >= 0.6 is 0 Å². The lowest BCUT2D eigenvalue weighted by molar-refractivity contribution is -0.398. The minimum Gasteiger partial charge on any atom is -0.867 e. The molecule has 154 valence electrons. The number of nitro benzene ring substituents is 1. The van der Waals surface area contributed by atoms with Crippen LogP contribution in [-0.4, -0.2) is 24.2 Å². The van der Waals surface area contributed by atoms with Crippen LogP contribution in [0.4, 0.5) is 5.69 Å². The van der Waals surface area contributed by atoms with Gasteiger partial charge in [0.2, 0.25) is 0 Å². The summed E-state index contributed by atoms with van der Waals surface area (Å²) in [5.74, 6) is 0.101. The first-order chi connectivity index (χ1) is 14.5. The number of aryl methyl sites for hydroxylation is 2. The summed E-state index contributed by atoms with van der Waals surface area (Å²) in [5, 5.41) is 28.5. The average Bonchev–Trinajstić information content (AvgIpc) is 3.13. The molecule has 0 unspecified atom stereocenters. The second-order valence-electron chi connectivity index (χ2n) is 6.91. The van der Waals surface area contributed by atoms with E-state index in [1.54, 1.807) is 24.3 Å². The quantitative estimate of drug-likeness (QED) is 0.392. The third-order valence-corrected chi connectivity index (χ3v) is 5.12. The predicted molar refractivity (Wildman–Crippen MR) is 107 cm³/mol. The lowest BCUT2D eigenvalue weighted by Gasteiger charge is -2.14. The number of benzene rings is 2. The van der Waals surface area contributed by atoms with E-state index in [1.807, 2.05) is 0 Å². The number of nitro groups is 1. The zero-order valence-corrected chi connectivity index (χ0v) is 16.1. The van der Waals surface area contributed by atoms with Gasteiger partial charge < -0.3 is 14.3 Å². The Balaban J connectivity index is 1.69. The summed E-state index contributed by atoms with van der Waals surface area (Å²) in [5.41, 5.74) is 3.32. The van der Waals surface area contributed by atoms with E-state index in [4.69, 9.17) is 9.15 Å². The molecule has 1 aliphatic rings. The lowest BCUT2D eigenvalue weighted by atomic mass is 9.93. The smallest absolute Gasteiger partial charge is 0.271 e. The second kappa shape index (κ2) is 7.86. The largest absolute Gasteiger partial charge is 0.867 e. The van der Waals surface area contributed by atoms with Gasteiger partial charge in [0.1, 0.15) is 17.1 Å². The molecule has 0 radical (unpaired) electrons. The van der Waals surface area contributed by atoms with Crippen LogP contribution < -0.4 is 15.3 Å². The van der Waals surface area contributed by atoms with Gasteiger partial charge in [-0.3, -0.25) is 14.9 Å². The first-order valence-electron chi connectivity index (χ1n) is 9.39. The van der Waals surface area contributed by atoms with Crippen molar-refractivity contribution in [1.82, 2.24) is 5.43 Å². The Bertz CT molecular complexity index is 1160. The van der Waals surface area contributed by atoms with E-state index >= 15 is 0 Å². The van der Waals surface area contributed by atoms with Gasteiger partial charge in [-0.15, -0.1) is 0 Å². The van der Waals surface area contributed by atoms with Crippen molar-refractivity contribution >= 4 is 28.8 Å². The van der Waals surface area contributed by atoms with Gasteiger partial charge in [0, 0.05) is 28.5 Å². The summed E-state index contributed by atoms with van der Waals surface area (Å²) in [6.45, 7) is 0. The van der Waals surface area contributed by atoms with Crippen molar-refractivity contribution in [2.75, 3.05) is 7.11 Å². The standard InChI is InChI=1S/C21H19N3O6/c1-29-13-8-6-12(7-9-13)21(26)23-22-11-15-19-14-4-2-3-5-17(14)30-18(19)10-16(20(15)25)24(27)28/h6-11,25H,2-5H2,1H3,(H,23,26)/p-1/b22-11-. The average molecular weight is 408 g/mol. The number of furan rings is 1. The minimum absolute atomic E-state index is 0.0427. The van der Waals surface area contributed by atoms with E-state index in [1.165, 1.54) is 13.2 Å². The maximum atomic E-state index is 12.7. The number of carbonyl (C=O) groups excluding carboxylic acids is 1. The fraction of sp³-hybridized carbons (Fsp3) is 0.238. The molecule has 4 rings (SSSR count). The zero-order valence-electron chi connectivity index (χ0n) is 16.1. The van der Waals surface area contributed by atoms with Gasteiger partial charge in [-0.2, -0.15) is 5.10 Å². The van der Waals surface area contributed by atoms with E-state index < -0.39 is 22.3 Å². The van der Waals surface area contributed by atoms with Gasteiger partial charge in [-0.05, 0) is 49.3 Å². The van der Waals surface area contributed by atoms with Crippen LogP contribution in [0, 0.1) is 10.1 Å². The molecule has 0 aliphatic heterocycles. The Morgan fingerprint density at radius 3 is 2.70 bits per heavy atom. The van der Waals surface area contributed by atoms with Crippen LogP contribution in [0.25, 0.3) is 11.0 Å². The Hall–Kier alpha value is -3.88. The van der Waals surface area contributed by atoms with Crippen molar-refractivity contribution in [3.05, 3.63) is 62.9 Å². The van der Waals surface area contributed by atoms with Crippen LogP contribution in [0.5, 0.6) is 11.5 Å². The number of carbonyl (C=O) groups is 1. The molecule has 9 heteroatoms. The van der Waals surface area contributed by atoms with Gasteiger partial charge in [0.25, 0.3) is 11.6 Å². The highest BCUT2D eigenvalue weighted by Crippen LogP contribution is 2.40. The number of hydrogen-bond acceptors (Lipinski definition) is 7. The predicted octanol–water partition coefficient (Wildman–Crippen LogP) is 3.07. The van der Waals surface area contributed by atoms with Crippen molar-refractivity contribution in [2.24, 2.45) is 5.10 Å². The minimum atomic E-state index is -0.760. The number of nitrogens with one attached hydrogen (secondary N) is 1. The maximum absolute atomic E-state index is 12.7. The second-order valence-corrected chi connectivity index (χ2v) is 6.91. The molecule has 2 aromatic carbocycles. The van der Waals surface area contributed by atoms with E-state index in [-0.39, 0.29) is 11.1 Å². The van der Waals surface area contributed by atoms with Crippen LogP contribution in [-0.2, 0) is 12.8 Å². The van der Waals surface area contributed by atoms with Crippen molar-refractivity contribution in [1.29, 1.82) is 0 Å². The summed E-state index contributed by atoms with van der Waals surface area (Å²) in [7, 11) is 1.52. The molecule has 1 heterocycles. The van der Waals surface area contributed by atoms with Crippen LogP contribution in [0.3, 0.4) is 0 Å². The number of amides is 1. The van der Waals surface area contributed by atoms with E-state index in [0.29, 0.717) is 16.7 Å². The fourth-order valence-corrected chi connectivity index (χ4v) is 3.65. The Labute approximate surface area is 171 Å². The van der Waals surface area contributed by atoms with Gasteiger partial charge >= 0.3 is 0 Å². The number of hydrazone groups is 1. The SMILES string of the molecule is COc1ccc(C(=O)N/N=C\c2c([O-])c([N+](=O)[O-])cc3oc4c(c23)CCCC4)cc1. The molecule has 30 heavy (non-hydrogen) atoms. The Morgan fingerprint density at radius 1 is 1.27 bits per heavy atom. The summed E-state index contributed by atoms with van der Waals surface area (Å²) in [6.07, 6.45) is 4.50. The van der Waals surface area contributed by atoms with E-state index in [9.17, 15) is 20.0 Å². The first-order valence-corrected chi connectivity index (χ1v) is 9.39. The topological polar surface area (TPSA) is 130 Å². The van der Waals surface area contributed by atoms with Gasteiger partial charge in [0.05, 0.1) is 24.3 Å². The number of nitrogens with zero attached hydrogens (tertiary/aromatic N) is 2. The van der Waals surface area contributed by atoms with Crippen molar-refractivity contribution in [3.8, 4) is 11.5 Å². The molecule has 0 bridgehead atoms. The molecule has 0 saturated carbocycles. The molecule has 0 saturated heterocycles. The molecule has 0 atom stereocenters. The molecule has 0 spiro atoms. The normalized spacial score (nSPS) is 13.4. The number of fused-ring (bicyclic) bond motifs is 3. The van der Waals surface area contributed by atoms with Crippen LogP contribution in [0.15, 0.2) is 39.9 Å². The third kappa shape index (κ3) is 3.45. The number of methoxy groups -OCH3 is 1. The van der Waals surface area contributed by atoms with Gasteiger partial charge in [0.15, 0.2) is 0 Å².